The SMILES string of the molecule is Cc1cc(OCCCOc2ccc3c(c2)OCO3)nnc1C. The van der Waals surface area contributed by atoms with Crippen molar-refractivity contribution in [1.29, 1.82) is 0 Å². The van der Waals surface area contributed by atoms with E-state index in [0.29, 0.717) is 19.1 Å². The lowest BCUT2D eigenvalue weighted by Gasteiger charge is -2.08. The molecule has 0 amide bonds. The highest BCUT2D eigenvalue weighted by Crippen LogP contribution is 2.35. The van der Waals surface area contributed by atoms with E-state index >= 15 is 0 Å². The number of benzene rings is 1. The number of aromatic nitrogens is 2. The molecule has 1 aliphatic rings. The van der Waals surface area contributed by atoms with Crippen LogP contribution in [0, 0.1) is 13.8 Å². The van der Waals surface area contributed by atoms with Gasteiger partial charge in [0.2, 0.25) is 12.7 Å². The topological polar surface area (TPSA) is 62.7 Å². The second-order valence-corrected chi connectivity index (χ2v) is 5.02. The quantitative estimate of drug-likeness (QED) is 0.764. The molecule has 3 rings (SSSR count). The number of aryl methyl sites for hydroxylation is 2. The third kappa shape index (κ3) is 3.39. The van der Waals surface area contributed by atoms with E-state index < -0.39 is 0 Å². The fourth-order valence-electron chi connectivity index (χ4n) is 1.98. The summed E-state index contributed by atoms with van der Waals surface area (Å²) >= 11 is 0. The summed E-state index contributed by atoms with van der Waals surface area (Å²) in [6, 6.07) is 7.43. The summed E-state index contributed by atoms with van der Waals surface area (Å²) in [6.07, 6.45) is 0.753. The van der Waals surface area contributed by atoms with E-state index in [0.717, 1.165) is 34.9 Å². The van der Waals surface area contributed by atoms with Crippen LogP contribution >= 0.6 is 0 Å². The molecule has 0 saturated heterocycles. The molecular formula is C16H18N2O4. The van der Waals surface area contributed by atoms with Crippen LogP contribution in [0.25, 0.3) is 0 Å². The standard InChI is InChI=1S/C16H18N2O4/c1-11-8-16(18-17-12(11)2)20-7-3-6-19-13-4-5-14-15(9-13)22-10-21-14/h4-5,8-9H,3,6-7,10H2,1-2H3. The van der Waals surface area contributed by atoms with Crippen molar-refractivity contribution in [1.82, 2.24) is 10.2 Å². The molecule has 0 fully saturated rings. The summed E-state index contributed by atoms with van der Waals surface area (Å²) in [7, 11) is 0. The number of nitrogens with zero attached hydrogens (tertiary/aromatic N) is 2. The van der Waals surface area contributed by atoms with Crippen molar-refractivity contribution >= 4 is 0 Å². The summed E-state index contributed by atoms with van der Waals surface area (Å²) < 4.78 is 21.8. The normalized spacial score (nSPS) is 12.3. The smallest absolute Gasteiger partial charge is 0.233 e. The van der Waals surface area contributed by atoms with Gasteiger partial charge in [0, 0.05) is 18.6 Å². The highest BCUT2D eigenvalue weighted by molar-refractivity contribution is 5.46. The first kappa shape index (κ1) is 14.4. The van der Waals surface area contributed by atoms with Crippen LogP contribution in [-0.4, -0.2) is 30.2 Å². The number of hydrogen-bond donors (Lipinski definition) is 0. The first-order chi connectivity index (χ1) is 10.7. The number of fused-ring (bicyclic) bond motifs is 1. The number of hydrogen-bond acceptors (Lipinski definition) is 6. The zero-order valence-corrected chi connectivity index (χ0v) is 12.7. The van der Waals surface area contributed by atoms with Gasteiger partial charge in [0.1, 0.15) is 5.75 Å². The van der Waals surface area contributed by atoms with Crippen LogP contribution < -0.4 is 18.9 Å². The van der Waals surface area contributed by atoms with Crippen molar-refractivity contribution in [2.24, 2.45) is 0 Å². The van der Waals surface area contributed by atoms with Crippen LogP contribution in [0.4, 0.5) is 0 Å². The van der Waals surface area contributed by atoms with Gasteiger partial charge >= 0.3 is 0 Å². The summed E-state index contributed by atoms with van der Waals surface area (Å²) in [4.78, 5) is 0. The molecule has 1 aromatic carbocycles. The molecular weight excluding hydrogens is 284 g/mol. The van der Waals surface area contributed by atoms with Crippen molar-refractivity contribution in [2.75, 3.05) is 20.0 Å². The Hall–Kier alpha value is -2.50. The van der Waals surface area contributed by atoms with E-state index in [1.165, 1.54) is 0 Å². The van der Waals surface area contributed by atoms with Gasteiger partial charge in [-0.25, -0.2) is 0 Å². The van der Waals surface area contributed by atoms with Gasteiger partial charge in [0.15, 0.2) is 11.5 Å². The Morgan fingerprint density at radius 2 is 1.82 bits per heavy atom. The maximum atomic E-state index is 5.66. The molecule has 0 atom stereocenters. The van der Waals surface area contributed by atoms with Crippen molar-refractivity contribution < 1.29 is 18.9 Å². The van der Waals surface area contributed by atoms with Crippen molar-refractivity contribution in [3.8, 4) is 23.1 Å². The molecule has 0 spiro atoms. The van der Waals surface area contributed by atoms with Gasteiger partial charge in [-0.2, -0.15) is 5.10 Å². The van der Waals surface area contributed by atoms with Gasteiger partial charge < -0.3 is 18.9 Å². The van der Waals surface area contributed by atoms with E-state index in [2.05, 4.69) is 10.2 Å². The minimum absolute atomic E-state index is 0.267. The molecule has 2 heterocycles. The van der Waals surface area contributed by atoms with Gasteiger partial charge in [-0.15, -0.1) is 5.10 Å². The van der Waals surface area contributed by atoms with Crippen LogP contribution in [0.2, 0.25) is 0 Å². The lowest BCUT2D eigenvalue weighted by Crippen LogP contribution is -2.06. The predicted octanol–water partition coefficient (Wildman–Crippen LogP) is 2.67. The van der Waals surface area contributed by atoms with Gasteiger partial charge in [-0.3, -0.25) is 0 Å². The Morgan fingerprint density at radius 1 is 1.00 bits per heavy atom. The van der Waals surface area contributed by atoms with Crippen molar-refractivity contribution in [3.63, 3.8) is 0 Å². The third-order valence-corrected chi connectivity index (χ3v) is 3.36. The molecule has 0 bridgehead atoms. The Bertz CT molecular complexity index is 661. The molecule has 22 heavy (non-hydrogen) atoms. The lowest BCUT2D eigenvalue weighted by molar-refractivity contribution is 0.173. The maximum Gasteiger partial charge on any atom is 0.233 e. The van der Waals surface area contributed by atoms with Crippen LogP contribution in [0.1, 0.15) is 17.7 Å². The molecule has 0 radical (unpaired) electrons. The summed E-state index contributed by atoms with van der Waals surface area (Å²) in [5, 5.41) is 8.02. The van der Waals surface area contributed by atoms with Crippen LogP contribution in [0.5, 0.6) is 23.1 Å². The molecule has 0 N–H and O–H groups in total. The molecule has 1 aromatic heterocycles. The third-order valence-electron chi connectivity index (χ3n) is 3.36. The first-order valence-electron chi connectivity index (χ1n) is 7.18. The molecule has 0 saturated carbocycles. The van der Waals surface area contributed by atoms with Gasteiger partial charge in [0.25, 0.3) is 0 Å². The molecule has 6 heteroatoms. The minimum Gasteiger partial charge on any atom is -0.493 e. The van der Waals surface area contributed by atoms with Gasteiger partial charge in [-0.05, 0) is 31.5 Å². The first-order valence-corrected chi connectivity index (χ1v) is 7.18. The summed E-state index contributed by atoms with van der Waals surface area (Å²) in [5.41, 5.74) is 1.99. The molecule has 1 aliphatic heterocycles. The molecule has 2 aromatic rings. The highest BCUT2D eigenvalue weighted by atomic mass is 16.7. The summed E-state index contributed by atoms with van der Waals surface area (Å²) in [5.74, 6) is 2.78. The summed E-state index contributed by atoms with van der Waals surface area (Å²) in [6.45, 7) is 5.26. The average molecular weight is 302 g/mol. The van der Waals surface area contributed by atoms with E-state index in [4.69, 9.17) is 18.9 Å². The Kier molecular flexibility index (Phi) is 4.27. The van der Waals surface area contributed by atoms with Gasteiger partial charge in [-0.1, -0.05) is 0 Å². The highest BCUT2D eigenvalue weighted by Gasteiger charge is 2.13. The molecule has 0 unspecified atom stereocenters. The van der Waals surface area contributed by atoms with Crippen molar-refractivity contribution in [2.45, 2.75) is 20.3 Å². The van der Waals surface area contributed by atoms with Gasteiger partial charge in [0.05, 0.1) is 18.9 Å². The van der Waals surface area contributed by atoms with E-state index in [-0.39, 0.29) is 6.79 Å². The number of rotatable bonds is 6. The minimum atomic E-state index is 0.267. The van der Waals surface area contributed by atoms with E-state index in [1.807, 2.05) is 38.1 Å². The van der Waals surface area contributed by atoms with Crippen LogP contribution in [-0.2, 0) is 0 Å². The zero-order valence-electron chi connectivity index (χ0n) is 12.7. The Morgan fingerprint density at radius 3 is 2.68 bits per heavy atom. The molecule has 0 aliphatic carbocycles. The fraction of sp³-hybridized carbons (Fsp3) is 0.375. The van der Waals surface area contributed by atoms with Crippen molar-refractivity contribution in [3.05, 3.63) is 35.5 Å². The maximum absolute atomic E-state index is 5.66. The number of ether oxygens (including phenoxy) is 4. The second-order valence-electron chi connectivity index (χ2n) is 5.02. The fourth-order valence-corrected chi connectivity index (χ4v) is 1.98. The van der Waals surface area contributed by atoms with E-state index in [9.17, 15) is 0 Å². The average Bonchev–Trinajstić information content (AvgIpc) is 2.98. The monoisotopic (exact) mass is 302 g/mol. The largest absolute Gasteiger partial charge is 0.493 e. The predicted molar refractivity (Wildman–Crippen MR) is 79.7 cm³/mol. The van der Waals surface area contributed by atoms with Crippen LogP contribution in [0.15, 0.2) is 24.3 Å². The zero-order chi connectivity index (χ0) is 15.4. The lowest BCUT2D eigenvalue weighted by atomic mass is 10.2. The molecule has 6 nitrogen and oxygen atoms in total. The second kappa shape index (κ2) is 6.51. The van der Waals surface area contributed by atoms with Crippen LogP contribution in [0.3, 0.4) is 0 Å². The van der Waals surface area contributed by atoms with E-state index in [1.54, 1.807) is 0 Å². The Balaban J connectivity index is 1.41. The Labute approximate surface area is 129 Å². The molecule has 116 valence electrons.